The Morgan fingerprint density at radius 3 is 1.35 bits per heavy atom. The van der Waals surface area contributed by atoms with Crippen LogP contribution in [0.15, 0.2) is 73.9 Å². The van der Waals surface area contributed by atoms with Crippen LogP contribution in [0.4, 0.5) is 0 Å². The van der Waals surface area contributed by atoms with Gasteiger partial charge in [0.2, 0.25) is 0 Å². The topological polar surface area (TPSA) is 66.4 Å². The van der Waals surface area contributed by atoms with Gasteiger partial charge in [0, 0.05) is 44.6 Å². The Hall–Kier alpha value is -0.886. The van der Waals surface area contributed by atoms with E-state index in [4.69, 9.17) is 28.2 Å². The lowest BCUT2D eigenvalue weighted by molar-refractivity contribution is 0.00582. The summed E-state index contributed by atoms with van der Waals surface area (Å²) in [5, 5.41) is 9.55. The highest BCUT2D eigenvalue weighted by molar-refractivity contribution is 9.09. The summed E-state index contributed by atoms with van der Waals surface area (Å²) < 4.78 is 30.5. The lowest BCUT2D eigenvalue weighted by Crippen LogP contribution is -2.49. The van der Waals surface area contributed by atoms with Crippen molar-refractivity contribution in [1.29, 1.82) is 0 Å². The number of aliphatic hydroxyl groups excluding tert-OH is 1. The SMILES string of the molecule is C=CCCCCCO.C=CCCCCCOC/C(C)=C\[C@@H](C)[C@H](O[Si](C)(C)C(C)(C)C)[C@H](C=C)OC.C=C[C@H](OC)[C@@H](O[Si](C)(C)C(C)(C)C)[C@H](C)/C=C(/C)CBr. The van der Waals surface area contributed by atoms with Crippen molar-refractivity contribution in [3.63, 3.8) is 0 Å². The predicted molar refractivity (Wildman–Crippen MR) is 261 cm³/mol. The first-order chi connectivity index (χ1) is 26.4. The molecule has 0 saturated carbocycles. The third kappa shape index (κ3) is 27.6. The highest BCUT2D eigenvalue weighted by atomic mass is 79.9. The van der Waals surface area contributed by atoms with Gasteiger partial charge in [0.15, 0.2) is 16.6 Å². The molecule has 0 heterocycles. The lowest BCUT2D eigenvalue weighted by atomic mass is 9.97. The second-order valence-electron chi connectivity index (χ2n) is 18.5. The number of rotatable bonds is 28. The van der Waals surface area contributed by atoms with Crippen LogP contribution in [0.3, 0.4) is 0 Å². The van der Waals surface area contributed by atoms with Crippen molar-refractivity contribution in [2.24, 2.45) is 11.8 Å². The molecule has 0 fully saturated rings. The molecular weight excluding hydrogens is 809 g/mol. The van der Waals surface area contributed by atoms with E-state index in [2.05, 4.69) is 150 Å². The molecule has 0 aliphatic heterocycles. The van der Waals surface area contributed by atoms with E-state index in [1.807, 2.05) is 24.3 Å². The average Bonchev–Trinajstić information content (AvgIpc) is 3.12. The molecule has 9 heteroatoms. The Morgan fingerprint density at radius 2 is 1.04 bits per heavy atom. The molecule has 0 aliphatic rings. The van der Waals surface area contributed by atoms with Crippen molar-refractivity contribution in [3.8, 4) is 0 Å². The molecule has 336 valence electrons. The summed E-state index contributed by atoms with van der Waals surface area (Å²) in [6, 6.07) is 0. The molecule has 0 amide bonds. The molecule has 0 saturated heterocycles. The van der Waals surface area contributed by atoms with Crippen molar-refractivity contribution < 1.29 is 28.2 Å². The van der Waals surface area contributed by atoms with Crippen LogP contribution in [0.2, 0.25) is 36.3 Å². The average molecular weight is 902 g/mol. The van der Waals surface area contributed by atoms with Crippen LogP contribution in [0.5, 0.6) is 0 Å². The maximum Gasteiger partial charge on any atom is 0.192 e. The molecular formula is C48H93BrO6Si2. The number of methoxy groups -OCH3 is 2. The lowest BCUT2D eigenvalue weighted by Gasteiger charge is -2.42. The number of allylic oxidation sites excluding steroid dienone is 3. The number of aliphatic hydroxyl groups is 1. The fourth-order valence-corrected chi connectivity index (χ4v) is 8.32. The zero-order valence-corrected chi connectivity index (χ0v) is 43.7. The molecule has 1 N–H and O–H groups in total. The number of halogens is 1. The minimum atomic E-state index is -1.92. The van der Waals surface area contributed by atoms with Gasteiger partial charge in [-0.05, 0) is 88.6 Å². The largest absolute Gasteiger partial charge is 0.410 e. The Labute approximate surface area is 365 Å². The molecule has 0 aromatic heterocycles. The summed E-state index contributed by atoms with van der Waals surface area (Å²) >= 11 is 3.50. The Kier molecular flexibility index (Phi) is 34.8. The first-order valence-corrected chi connectivity index (χ1v) is 28.3. The van der Waals surface area contributed by atoms with Gasteiger partial charge in [-0.1, -0.05) is 132 Å². The van der Waals surface area contributed by atoms with Crippen LogP contribution >= 0.6 is 15.9 Å². The number of hydrogen-bond donors (Lipinski definition) is 1. The summed E-state index contributed by atoms with van der Waals surface area (Å²) in [5.41, 5.74) is 2.55. The van der Waals surface area contributed by atoms with Gasteiger partial charge in [-0.2, -0.15) is 0 Å². The van der Waals surface area contributed by atoms with Gasteiger partial charge in [-0.25, -0.2) is 0 Å². The first-order valence-electron chi connectivity index (χ1n) is 21.4. The van der Waals surface area contributed by atoms with Gasteiger partial charge >= 0.3 is 0 Å². The molecule has 6 nitrogen and oxygen atoms in total. The number of unbranched alkanes of at least 4 members (excludes halogenated alkanes) is 6. The Balaban J connectivity index is -0.000000880. The van der Waals surface area contributed by atoms with E-state index in [0.717, 1.165) is 44.0 Å². The molecule has 0 unspecified atom stereocenters. The minimum Gasteiger partial charge on any atom is -0.410 e. The van der Waals surface area contributed by atoms with E-state index in [1.54, 1.807) is 14.2 Å². The van der Waals surface area contributed by atoms with Crippen molar-refractivity contribution in [2.45, 2.75) is 181 Å². The van der Waals surface area contributed by atoms with Crippen molar-refractivity contribution in [3.05, 3.63) is 73.9 Å². The molecule has 6 atom stereocenters. The normalized spacial score (nSPS) is 16.1. The Morgan fingerprint density at radius 1 is 0.649 bits per heavy atom. The zero-order chi connectivity index (χ0) is 44.9. The van der Waals surface area contributed by atoms with Crippen LogP contribution < -0.4 is 0 Å². The molecule has 0 rings (SSSR count). The molecule has 0 bridgehead atoms. The first kappa shape index (κ1) is 60.4. The molecule has 0 spiro atoms. The Bertz CT molecular complexity index is 1120. The maximum absolute atomic E-state index is 8.34. The van der Waals surface area contributed by atoms with E-state index >= 15 is 0 Å². The molecule has 0 aromatic carbocycles. The zero-order valence-electron chi connectivity index (χ0n) is 40.1. The van der Waals surface area contributed by atoms with Crippen molar-refractivity contribution >= 4 is 32.6 Å². The van der Waals surface area contributed by atoms with Crippen LogP contribution in [0.1, 0.15) is 121 Å². The van der Waals surface area contributed by atoms with E-state index in [0.29, 0.717) is 13.2 Å². The molecule has 0 aliphatic carbocycles. The smallest absolute Gasteiger partial charge is 0.192 e. The fraction of sp³-hybridized carbons (Fsp3) is 0.750. The van der Waals surface area contributed by atoms with Gasteiger partial charge < -0.3 is 28.2 Å². The van der Waals surface area contributed by atoms with E-state index in [9.17, 15) is 0 Å². The summed E-state index contributed by atoms with van der Waals surface area (Å²) in [5.74, 6) is 0.493. The predicted octanol–water partition coefficient (Wildman–Crippen LogP) is 14.2. The molecule has 57 heavy (non-hydrogen) atoms. The van der Waals surface area contributed by atoms with Gasteiger partial charge in [-0.3, -0.25) is 0 Å². The van der Waals surface area contributed by atoms with Crippen LogP contribution in [-0.2, 0) is 23.1 Å². The third-order valence-electron chi connectivity index (χ3n) is 11.1. The van der Waals surface area contributed by atoms with Gasteiger partial charge in [0.25, 0.3) is 0 Å². The molecule has 0 aromatic rings. The fourth-order valence-electron chi connectivity index (χ4n) is 5.37. The van der Waals surface area contributed by atoms with E-state index in [1.165, 1.54) is 30.4 Å². The van der Waals surface area contributed by atoms with Gasteiger partial charge in [-0.15, -0.1) is 26.3 Å². The quantitative estimate of drug-likeness (QED) is 0.0365. The highest BCUT2D eigenvalue weighted by Gasteiger charge is 2.42. The second-order valence-corrected chi connectivity index (χ2v) is 28.6. The van der Waals surface area contributed by atoms with Crippen LogP contribution in [-0.4, -0.2) is 85.5 Å². The number of alkyl halides is 1. The standard InChI is InChI=1S/C24H46O3Si.C17H33BrO2Si.C7H14O/c1-11-13-14-15-16-17-26-19-20(3)18-21(4)23(22(12-2)25-8)27-28(9,10)24(5,6)7;1-10-15(19-7)16(14(3)11-13(2)12-18)20-21(8,9)17(4,5)6;1-2-3-4-5-6-7-8/h11-12,18,21-23H,1-2,13-17,19H2,3-10H3;10-11,14-16H,1,12H2,2-9H3;2,8H,1,3-7H2/b20-18-;13-11-;/t21-,22+,23+;14-,15+,16+;/m11./s1. The third-order valence-corrected chi connectivity index (χ3v) is 20.9. The summed E-state index contributed by atoms with van der Waals surface area (Å²) in [6.07, 6.45) is 20.8. The van der Waals surface area contributed by atoms with Gasteiger partial charge in [0.1, 0.15) is 12.2 Å². The molecule has 0 radical (unpaired) electrons. The van der Waals surface area contributed by atoms with Gasteiger partial charge in [0.05, 0.1) is 18.8 Å². The highest BCUT2D eigenvalue weighted by Crippen LogP contribution is 2.40. The van der Waals surface area contributed by atoms with E-state index in [-0.39, 0.29) is 46.3 Å². The maximum atomic E-state index is 8.34. The second kappa shape index (κ2) is 32.8. The van der Waals surface area contributed by atoms with Crippen LogP contribution in [0.25, 0.3) is 0 Å². The number of hydrogen-bond acceptors (Lipinski definition) is 6. The summed E-state index contributed by atoms with van der Waals surface area (Å²) in [6.45, 7) is 48.4. The minimum absolute atomic E-state index is 0.00221. The number of ether oxygens (including phenoxy) is 3. The summed E-state index contributed by atoms with van der Waals surface area (Å²) in [7, 11) is -0.322. The van der Waals surface area contributed by atoms with Crippen molar-refractivity contribution in [1.82, 2.24) is 0 Å². The van der Waals surface area contributed by atoms with E-state index < -0.39 is 16.6 Å². The monoisotopic (exact) mass is 901 g/mol. The summed E-state index contributed by atoms with van der Waals surface area (Å²) in [4.78, 5) is 0. The van der Waals surface area contributed by atoms with Crippen LogP contribution in [0, 0.1) is 11.8 Å². The van der Waals surface area contributed by atoms with Crippen molar-refractivity contribution in [2.75, 3.05) is 39.4 Å².